The number of hydrogen-bond acceptors (Lipinski definition) is 6. The van der Waals surface area contributed by atoms with Crippen LogP contribution in [0.3, 0.4) is 0 Å². The Labute approximate surface area is 102 Å². The van der Waals surface area contributed by atoms with Gasteiger partial charge in [-0.1, -0.05) is 0 Å². The minimum absolute atomic E-state index is 0.557. The highest BCUT2D eigenvalue weighted by molar-refractivity contribution is 7.99. The van der Waals surface area contributed by atoms with Crippen LogP contribution in [0.2, 0.25) is 0 Å². The third-order valence-electron chi connectivity index (χ3n) is 2.27. The van der Waals surface area contributed by atoms with E-state index in [4.69, 9.17) is 15.2 Å². The number of nitrogens with one attached hydrogen (secondary N) is 1. The number of benzene rings is 1. The molecule has 88 valence electrons. The van der Waals surface area contributed by atoms with E-state index in [2.05, 4.69) is 15.2 Å². The van der Waals surface area contributed by atoms with Crippen LogP contribution < -0.4 is 15.2 Å². The van der Waals surface area contributed by atoms with E-state index in [-0.39, 0.29) is 0 Å². The zero-order chi connectivity index (χ0) is 11.7. The molecule has 0 saturated heterocycles. The Kier molecular flexibility index (Phi) is 2.52. The average Bonchev–Trinajstić information content (AvgIpc) is 2.83. The molecule has 0 saturated carbocycles. The third-order valence-corrected chi connectivity index (χ3v) is 3.24. The van der Waals surface area contributed by atoms with Gasteiger partial charge in [0.15, 0.2) is 16.7 Å². The van der Waals surface area contributed by atoms with Gasteiger partial charge >= 0.3 is 0 Å². The van der Waals surface area contributed by atoms with Crippen LogP contribution in [0.1, 0.15) is 0 Å². The molecular weight excluding hydrogens is 240 g/mol. The van der Waals surface area contributed by atoms with E-state index in [1.807, 2.05) is 6.07 Å². The van der Waals surface area contributed by atoms with Crippen molar-refractivity contribution in [1.82, 2.24) is 15.2 Å². The minimum Gasteiger partial charge on any atom is -0.486 e. The van der Waals surface area contributed by atoms with Gasteiger partial charge in [-0.25, -0.2) is 4.98 Å². The highest BCUT2D eigenvalue weighted by Crippen LogP contribution is 2.39. The summed E-state index contributed by atoms with van der Waals surface area (Å²) in [7, 11) is 0. The van der Waals surface area contributed by atoms with Crippen molar-refractivity contribution in [2.24, 2.45) is 0 Å². The first-order valence-corrected chi connectivity index (χ1v) is 5.87. The molecule has 0 bridgehead atoms. The standard InChI is InChI=1S/C10H10N4O2S/c11-6-3-7-8(16-2-1-15-7)4-9(6)17-10-12-5-13-14-10/h3-5H,1-2,11H2,(H,12,13,14). The van der Waals surface area contributed by atoms with Crippen molar-refractivity contribution in [2.75, 3.05) is 18.9 Å². The number of aromatic amines is 1. The van der Waals surface area contributed by atoms with Crippen molar-refractivity contribution < 1.29 is 9.47 Å². The lowest BCUT2D eigenvalue weighted by molar-refractivity contribution is 0.171. The Hall–Kier alpha value is -1.89. The van der Waals surface area contributed by atoms with Crippen molar-refractivity contribution in [3.8, 4) is 11.5 Å². The summed E-state index contributed by atoms with van der Waals surface area (Å²) in [5.74, 6) is 1.41. The second-order valence-electron chi connectivity index (χ2n) is 3.43. The SMILES string of the molecule is Nc1cc2c(cc1Sc1ncn[nH]1)OCCO2. The number of ether oxygens (including phenoxy) is 2. The lowest BCUT2D eigenvalue weighted by Crippen LogP contribution is -2.15. The van der Waals surface area contributed by atoms with Gasteiger partial charge in [0.25, 0.3) is 0 Å². The van der Waals surface area contributed by atoms with E-state index in [0.717, 1.165) is 4.90 Å². The largest absolute Gasteiger partial charge is 0.486 e. The number of aromatic nitrogens is 3. The third kappa shape index (κ3) is 2.01. The zero-order valence-electron chi connectivity index (χ0n) is 8.84. The normalized spacial score (nSPS) is 13.6. The molecule has 1 aliphatic rings. The Balaban J connectivity index is 1.94. The summed E-state index contributed by atoms with van der Waals surface area (Å²) in [6.45, 7) is 1.12. The quantitative estimate of drug-likeness (QED) is 0.781. The van der Waals surface area contributed by atoms with Crippen LogP contribution in [-0.4, -0.2) is 28.4 Å². The van der Waals surface area contributed by atoms with E-state index in [1.54, 1.807) is 6.07 Å². The lowest BCUT2D eigenvalue weighted by atomic mass is 10.2. The predicted octanol–water partition coefficient (Wildman–Crippen LogP) is 1.31. The number of H-pyrrole nitrogens is 1. The van der Waals surface area contributed by atoms with Gasteiger partial charge < -0.3 is 15.2 Å². The Morgan fingerprint density at radius 2 is 2.00 bits per heavy atom. The highest BCUT2D eigenvalue weighted by Gasteiger charge is 2.15. The maximum atomic E-state index is 5.94. The molecule has 17 heavy (non-hydrogen) atoms. The van der Waals surface area contributed by atoms with Crippen LogP contribution in [0.15, 0.2) is 28.5 Å². The van der Waals surface area contributed by atoms with Crippen LogP contribution in [-0.2, 0) is 0 Å². The number of hydrogen-bond donors (Lipinski definition) is 2. The second kappa shape index (κ2) is 4.17. The van der Waals surface area contributed by atoms with E-state index < -0.39 is 0 Å². The van der Waals surface area contributed by atoms with Crippen molar-refractivity contribution >= 4 is 17.4 Å². The summed E-state index contributed by atoms with van der Waals surface area (Å²) in [6, 6.07) is 3.63. The molecule has 1 aliphatic heterocycles. The van der Waals surface area contributed by atoms with E-state index >= 15 is 0 Å². The van der Waals surface area contributed by atoms with E-state index in [0.29, 0.717) is 35.6 Å². The monoisotopic (exact) mass is 250 g/mol. The number of anilines is 1. The smallest absolute Gasteiger partial charge is 0.188 e. The molecular formula is C10H10N4O2S. The number of nitrogen functional groups attached to an aromatic ring is 1. The first-order chi connectivity index (χ1) is 8.33. The van der Waals surface area contributed by atoms with Crippen molar-refractivity contribution in [3.63, 3.8) is 0 Å². The Morgan fingerprint density at radius 3 is 2.71 bits per heavy atom. The summed E-state index contributed by atoms with van der Waals surface area (Å²) in [5.41, 5.74) is 6.58. The molecule has 3 rings (SSSR count). The molecule has 6 nitrogen and oxygen atoms in total. The molecule has 1 aromatic carbocycles. The van der Waals surface area contributed by atoms with Crippen molar-refractivity contribution in [3.05, 3.63) is 18.5 Å². The molecule has 2 heterocycles. The van der Waals surface area contributed by atoms with Gasteiger partial charge in [0, 0.05) is 22.7 Å². The summed E-state index contributed by atoms with van der Waals surface area (Å²) >= 11 is 1.40. The fraction of sp³-hybridized carbons (Fsp3) is 0.200. The molecule has 2 aromatic rings. The minimum atomic E-state index is 0.557. The van der Waals surface area contributed by atoms with Gasteiger partial charge in [0.1, 0.15) is 19.5 Å². The summed E-state index contributed by atoms with van der Waals surface area (Å²) in [4.78, 5) is 4.90. The molecule has 0 spiro atoms. The maximum absolute atomic E-state index is 5.94. The van der Waals surface area contributed by atoms with Crippen LogP contribution in [0.25, 0.3) is 0 Å². The predicted molar refractivity (Wildman–Crippen MR) is 62.4 cm³/mol. The number of fused-ring (bicyclic) bond motifs is 1. The van der Waals surface area contributed by atoms with Gasteiger partial charge in [-0.2, -0.15) is 5.10 Å². The molecule has 0 amide bonds. The fourth-order valence-corrected chi connectivity index (χ4v) is 2.27. The van der Waals surface area contributed by atoms with Crippen LogP contribution in [0.4, 0.5) is 5.69 Å². The highest BCUT2D eigenvalue weighted by atomic mass is 32.2. The molecule has 0 radical (unpaired) electrons. The lowest BCUT2D eigenvalue weighted by Gasteiger charge is -2.19. The molecule has 0 aliphatic carbocycles. The average molecular weight is 250 g/mol. The molecule has 0 atom stereocenters. The van der Waals surface area contributed by atoms with Crippen LogP contribution in [0, 0.1) is 0 Å². The van der Waals surface area contributed by atoms with Gasteiger partial charge in [0.05, 0.1) is 0 Å². The number of nitrogens with two attached hydrogens (primary N) is 1. The van der Waals surface area contributed by atoms with Gasteiger partial charge in [-0.15, -0.1) is 0 Å². The number of nitrogens with zero attached hydrogens (tertiary/aromatic N) is 2. The van der Waals surface area contributed by atoms with Crippen LogP contribution in [0.5, 0.6) is 11.5 Å². The Morgan fingerprint density at radius 1 is 1.24 bits per heavy atom. The Bertz CT molecular complexity index is 529. The van der Waals surface area contributed by atoms with Gasteiger partial charge in [-0.05, 0) is 11.8 Å². The summed E-state index contributed by atoms with van der Waals surface area (Å²) in [6.07, 6.45) is 1.45. The van der Waals surface area contributed by atoms with E-state index in [9.17, 15) is 0 Å². The molecule has 3 N–H and O–H groups in total. The van der Waals surface area contributed by atoms with Crippen LogP contribution >= 0.6 is 11.8 Å². The van der Waals surface area contributed by atoms with Crippen molar-refractivity contribution in [1.29, 1.82) is 0 Å². The van der Waals surface area contributed by atoms with Crippen molar-refractivity contribution in [2.45, 2.75) is 10.1 Å². The topological polar surface area (TPSA) is 86.1 Å². The first kappa shape index (κ1) is 10.3. The maximum Gasteiger partial charge on any atom is 0.188 e. The van der Waals surface area contributed by atoms with E-state index in [1.165, 1.54) is 18.1 Å². The van der Waals surface area contributed by atoms with Gasteiger partial charge in [-0.3, -0.25) is 5.10 Å². The molecule has 7 heteroatoms. The zero-order valence-corrected chi connectivity index (χ0v) is 9.66. The number of rotatable bonds is 2. The summed E-state index contributed by atoms with van der Waals surface area (Å²) in [5, 5.41) is 7.24. The molecule has 0 fully saturated rings. The van der Waals surface area contributed by atoms with Gasteiger partial charge in [0.2, 0.25) is 0 Å². The summed E-state index contributed by atoms with van der Waals surface area (Å²) < 4.78 is 10.9. The second-order valence-corrected chi connectivity index (χ2v) is 4.46. The first-order valence-electron chi connectivity index (χ1n) is 5.05. The molecule has 0 unspecified atom stereocenters. The fourth-order valence-electron chi connectivity index (χ4n) is 1.52. The molecule has 1 aromatic heterocycles.